The molecule has 13 heavy (non-hydrogen) atoms. The SMILES string of the molecule is COc1c(N)cnc(Br)c1C(F)F. The van der Waals surface area contributed by atoms with Crippen molar-refractivity contribution in [1.82, 2.24) is 4.98 Å². The molecule has 0 aliphatic carbocycles. The zero-order chi connectivity index (χ0) is 10.0. The van der Waals surface area contributed by atoms with Crippen LogP contribution in [-0.2, 0) is 0 Å². The number of nitrogens with two attached hydrogens (primary N) is 1. The van der Waals surface area contributed by atoms with Crippen molar-refractivity contribution < 1.29 is 13.5 Å². The van der Waals surface area contributed by atoms with Crippen LogP contribution in [0.15, 0.2) is 10.8 Å². The van der Waals surface area contributed by atoms with E-state index in [-0.39, 0.29) is 21.6 Å². The zero-order valence-corrected chi connectivity index (χ0v) is 8.31. The van der Waals surface area contributed by atoms with Gasteiger partial charge in [-0.15, -0.1) is 0 Å². The van der Waals surface area contributed by atoms with Crippen LogP contribution in [0, 0.1) is 0 Å². The van der Waals surface area contributed by atoms with Gasteiger partial charge >= 0.3 is 0 Å². The monoisotopic (exact) mass is 252 g/mol. The molecule has 6 heteroatoms. The minimum atomic E-state index is -2.67. The lowest BCUT2D eigenvalue weighted by atomic mass is 10.2. The lowest BCUT2D eigenvalue weighted by molar-refractivity contribution is 0.145. The van der Waals surface area contributed by atoms with Crippen LogP contribution in [0.25, 0.3) is 0 Å². The van der Waals surface area contributed by atoms with Crippen molar-refractivity contribution in [3.05, 3.63) is 16.4 Å². The minimum Gasteiger partial charge on any atom is -0.494 e. The molecule has 0 radical (unpaired) electrons. The van der Waals surface area contributed by atoms with Crippen LogP contribution in [0.4, 0.5) is 14.5 Å². The summed E-state index contributed by atoms with van der Waals surface area (Å²) in [6.07, 6.45) is -1.41. The van der Waals surface area contributed by atoms with Gasteiger partial charge in [-0.2, -0.15) is 0 Å². The Bertz CT molecular complexity index is 320. The molecule has 3 nitrogen and oxygen atoms in total. The summed E-state index contributed by atoms with van der Waals surface area (Å²) >= 11 is 2.90. The molecule has 1 aromatic heterocycles. The Balaban J connectivity index is 3.35. The average Bonchev–Trinajstić information content (AvgIpc) is 2.07. The van der Waals surface area contributed by atoms with E-state index >= 15 is 0 Å². The number of alkyl halides is 2. The summed E-state index contributed by atoms with van der Waals surface area (Å²) in [5, 5.41) is 0. The molecule has 0 aromatic carbocycles. The van der Waals surface area contributed by atoms with E-state index < -0.39 is 6.43 Å². The van der Waals surface area contributed by atoms with Crippen molar-refractivity contribution in [1.29, 1.82) is 0 Å². The van der Waals surface area contributed by atoms with Crippen molar-refractivity contribution in [2.75, 3.05) is 12.8 Å². The summed E-state index contributed by atoms with van der Waals surface area (Å²) in [7, 11) is 1.28. The van der Waals surface area contributed by atoms with E-state index in [1.165, 1.54) is 13.3 Å². The van der Waals surface area contributed by atoms with Gasteiger partial charge in [0.05, 0.1) is 24.6 Å². The van der Waals surface area contributed by atoms with E-state index in [0.717, 1.165) is 0 Å². The topological polar surface area (TPSA) is 48.1 Å². The van der Waals surface area contributed by atoms with Gasteiger partial charge in [-0.05, 0) is 15.9 Å². The van der Waals surface area contributed by atoms with Crippen molar-refractivity contribution >= 4 is 21.6 Å². The minimum absolute atomic E-state index is 0.0307. The molecule has 0 atom stereocenters. The van der Waals surface area contributed by atoms with Gasteiger partial charge in [0.2, 0.25) is 0 Å². The molecule has 0 aliphatic heterocycles. The average molecular weight is 253 g/mol. The van der Waals surface area contributed by atoms with Crippen molar-refractivity contribution in [3.63, 3.8) is 0 Å². The number of aromatic nitrogens is 1. The van der Waals surface area contributed by atoms with Gasteiger partial charge in [-0.25, -0.2) is 13.8 Å². The third kappa shape index (κ3) is 1.88. The highest BCUT2D eigenvalue weighted by molar-refractivity contribution is 9.10. The smallest absolute Gasteiger partial charge is 0.270 e. The molecule has 72 valence electrons. The van der Waals surface area contributed by atoms with Crippen LogP contribution in [-0.4, -0.2) is 12.1 Å². The summed E-state index contributed by atoms with van der Waals surface area (Å²) in [5.74, 6) is -0.0307. The third-order valence-electron chi connectivity index (χ3n) is 1.47. The summed E-state index contributed by atoms with van der Waals surface area (Å²) in [6.45, 7) is 0. The predicted octanol–water partition coefficient (Wildman–Crippen LogP) is 2.37. The summed E-state index contributed by atoms with van der Waals surface area (Å²) in [4.78, 5) is 3.64. The van der Waals surface area contributed by atoms with E-state index in [4.69, 9.17) is 10.5 Å². The van der Waals surface area contributed by atoms with Crippen LogP contribution in [0.2, 0.25) is 0 Å². The van der Waals surface area contributed by atoms with Crippen LogP contribution < -0.4 is 10.5 Å². The Hall–Kier alpha value is -0.910. The number of methoxy groups -OCH3 is 1. The Kier molecular flexibility index (Phi) is 3.02. The van der Waals surface area contributed by atoms with E-state index in [9.17, 15) is 8.78 Å². The summed E-state index contributed by atoms with van der Waals surface area (Å²) < 4.78 is 29.7. The van der Waals surface area contributed by atoms with Crippen LogP contribution >= 0.6 is 15.9 Å². The predicted molar refractivity (Wildman–Crippen MR) is 47.9 cm³/mol. The fraction of sp³-hybridized carbons (Fsp3) is 0.286. The van der Waals surface area contributed by atoms with Crippen LogP contribution in [0.5, 0.6) is 5.75 Å². The van der Waals surface area contributed by atoms with Gasteiger partial charge in [0.15, 0.2) is 5.75 Å². The molecule has 2 N–H and O–H groups in total. The summed E-state index contributed by atoms with van der Waals surface area (Å²) in [5.41, 5.74) is 5.18. The molecule has 0 aliphatic rings. The van der Waals surface area contributed by atoms with Crippen molar-refractivity contribution in [2.24, 2.45) is 0 Å². The molecule has 0 unspecified atom stereocenters. The number of rotatable bonds is 2. The second-order valence-electron chi connectivity index (χ2n) is 2.25. The lowest BCUT2D eigenvalue weighted by Gasteiger charge is -2.10. The zero-order valence-electron chi connectivity index (χ0n) is 6.72. The molecular weight excluding hydrogens is 246 g/mol. The first-order valence-electron chi connectivity index (χ1n) is 3.34. The number of hydrogen-bond donors (Lipinski definition) is 1. The molecule has 0 fully saturated rings. The van der Waals surface area contributed by atoms with E-state index in [0.29, 0.717) is 0 Å². The Morgan fingerprint density at radius 2 is 2.23 bits per heavy atom. The van der Waals surface area contributed by atoms with Gasteiger partial charge in [0.25, 0.3) is 6.43 Å². The second-order valence-corrected chi connectivity index (χ2v) is 3.00. The quantitative estimate of drug-likeness (QED) is 0.823. The number of pyridine rings is 1. The highest BCUT2D eigenvalue weighted by atomic mass is 79.9. The van der Waals surface area contributed by atoms with Gasteiger partial charge in [0, 0.05) is 0 Å². The number of nitrogens with zero attached hydrogens (tertiary/aromatic N) is 1. The van der Waals surface area contributed by atoms with Crippen molar-refractivity contribution in [2.45, 2.75) is 6.43 Å². The molecule has 1 aromatic rings. The molecule has 0 spiro atoms. The Labute approximate surface area is 82.0 Å². The Morgan fingerprint density at radius 3 is 2.62 bits per heavy atom. The molecule has 1 rings (SSSR count). The van der Waals surface area contributed by atoms with Gasteiger partial charge in [0.1, 0.15) is 4.60 Å². The fourth-order valence-electron chi connectivity index (χ4n) is 0.921. The number of hydrogen-bond acceptors (Lipinski definition) is 3. The standard InChI is InChI=1S/C7H7BrF2N2O/c1-13-5-3(11)2-12-6(8)4(5)7(9)10/h2,7H,11H2,1H3. The van der Waals surface area contributed by atoms with Gasteiger partial charge < -0.3 is 10.5 Å². The van der Waals surface area contributed by atoms with E-state index in [1.807, 2.05) is 0 Å². The molecule has 0 saturated carbocycles. The lowest BCUT2D eigenvalue weighted by Crippen LogP contribution is -2.00. The maximum atomic E-state index is 12.4. The fourth-order valence-corrected chi connectivity index (χ4v) is 1.38. The molecular formula is C7H7BrF2N2O. The normalized spacial score (nSPS) is 10.5. The van der Waals surface area contributed by atoms with E-state index in [1.54, 1.807) is 0 Å². The largest absolute Gasteiger partial charge is 0.494 e. The third-order valence-corrected chi connectivity index (χ3v) is 2.10. The highest BCUT2D eigenvalue weighted by Gasteiger charge is 2.20. The maximum absolute atomic E-state index is 12.4. The first-order valence-corrected chi connectivity index (χ1v) is 4.13. The van der Waals surface area contributed by atoms with Crippen LogP contribution in [0.3, 0.4) is 0 Å². The Morgan fingerprint density at radius 1 is 1.62 bits per heavy atom. The molecule has 0 bridgehead atoms. The van der Waals surface area contributed by atoms with Crippen LogP contribution in [0.1, 0.15) is 12.0 Å². The number of halogens is 3. The molecule has 1 heterocycles. The number of ether oxygens (including phenoxy) is 1. The van der Waals surface area contributed by atoms with E-state index in [2.05, 4.69) is 20.9 Å². The second kappa shape index (κ2) is 3.87. The first kappa shape index (κ1) is 10.2. The molecule has 0 saturated heterocycles. The van der Waals surface area contributed by atoms with Gasteiger partial charge in [-0.3, -0.25) is 0 Å². The first-order chi connectivity index (χ1) is 6.07. The van der Waals surface area contributed by atoms with Crippen molar-refractivity contribution in [3.8, 4) is 5.75 Å². The summed E-state index contributed by atoms with van der Waals surface area (Å²) in [6, 6.07) is 0. The maximum Gasteiger partial charge on any atom is 0.270 e. The number of anilines is 1. The van der Waals surface area contributed by atoms with Gasteiger partial charge in [-0.1, -0.05) is 0 Å². The number of nitrogen functional groups attached to an aromatic ring is 1. The highest BCUT2D eigenvalue weighted by Crippen LogP contribution is 2.37. The molecule has 0 amide bonds.